The number of halogens is 1. The van der Waals surface area contributed by atoms with Gasteiger partial charge in [0.15, 0.2) is 5.43 Å². The number of hydrogen-bond acceptors (Lipinski definition) is 6. The van der Waals surface area contributed by atoms with Crippen LogP contribution >= 0.6 is 0 Å². The second kappa shape index (κ2) is 12.6. The quantitative estimate of drug-likeness (QED) is 0.282. The summed E-state index contributed by atoms with van der Waals surface area (Å²) in [5, 5.41) is 19.2. The predicted octanol–water partition coefficient (Wildman–Crippen LogP) is 5.76. The molecule has 0 aliphatic heterocycles. The van der Waals surface area contributed by atoms with Crippen molar-refractivity contribution in [2.45, 2.75) is 39.7 Å². The molecule has 8 heteroatoms. The molecular weight excluding hydrogens is 519 g/mol. The summed E-state index contributed by atoms with van der Waals surface area (Å²) in [4.78, 5) is 29.6. The lowest BCUT2D eigenvalue weighted by molar-refractivity contribution is 0.0587. The van der Waals surface area contributed by atoms with E-state index >= 15 is 0 Å². The average molecular weight is 551 g/mol. The molecule has 208 valence electrons. The highest BCUT2D eigenvalue weighted by Crippen LogP contribution is 2.35. The molecule has 0 spiro atoms. The number of carbonyl (C=O) groups excluding carboxylic acids is 1. The number of nitriles is 2. The van der Waals surface area contributed by atoms with Gasteiger partial charge in [0.05, 0.1) is 34.7 Å². The van der Waals surface area contributed by atoms with E-state index in [9.17, 15) is 24.5 Å². The first-order valence-electron chi connectivity index (χ1n) is 13.4. The fourth-order valence-electron chi connectivity index (χ4n) is 5.00. The van der Waals surface area contributed by atoms with Crippen molar-refractivity contribution in [2.24, 2.45) is 11.7 Å². The summed E-state index contributed by atoms with van der Waals surface area (Å²) in [6.07, 6.45) is 0.629. The molecule has 2 N–H and O–H groups in total. The topological polar surface area (TPSA) is 124 Å². The Labute approximate surface area is 238 Å². The van der Waals surface area contributed by atoms with Crippen molar-refractivity contribution in [3.63, 3.8) is 0 Å². The first-order valence-corrected chi connectivity index (χ1v) is 13.4. The number of benzene rings is 3. The average Bonchev–Trinajstić information content (AvgIpc) is 2.97. The Morgan fingerprint density at radius 2 is 1.78 bits per heavy atom. The van der Waals surface area contributed by atoms with Crippen LogP contribution in [-0.4, -0.2) is 23.9 Å². The van der Waals surface area contributed by atoms with Gasteiger partial charge in [0.2, 0.25) is 0 Å². The zero-order valence-corrected chi connectivity index (χ0v) is 23.3. The van der Waals surface area contributed by atoms with Crippen LogP contribution in [-0.2, 0) is 6.42 Å². The minimum Gasteiger partial charge on any atom is -0.458 e. The number of hydrogen-bond donors (Lipinski definition) is 1. The molecule has 1 unspecified atom stereocenters. The maximum absolute atomic E-state index is 14.5. The number of rotatable bonds is 9. The molecule has 1 aromatic heterocycles. The van der Waals surface area contributed by atoms with Crippen LogP contribution < -0.4 is 11.2 Å². The molecule has 0 radical (unpaired) electrons. The second-order valence-electron chi connectivity index (χ2n) is 10.4. The molecule has 4 aromatic rings. The lowest BCUT2D eigenvalue weighted by atomic mass is 9.91. The van der Waals surface area contributed by atoms with Gasteiger partial charge in [-0.3, -0.25) is 9.59 Å². The van der Waals surface area contributed by atoms with Crippen molar-refractivity contribution in [1.29, 1.82) is 10.5 Å². The highest BCUT2D eigenvalue weighted by molar-refractivity contribution is 5.94. The molecule has 0 saturated heterocycles. The standard InChI is InChI=1S/C33H31FN4O3/c1-20(2)30(38(13-5-12-35)33(40)25-10-8-21(3)28(34)17-25)32-27(15-22-6-4-7-23(14-22)18-36)31(39)26-11-9-24(19-37)16-29(26)41-32/h4,6-11,14,16-17,20,30H,5,12-13,15,35H2,1-3H3. The van der Waals surface area contributed by atoms with Crippen LogP contribution in [0.5, 0.6) is 0 Å². The Morgan fingerprint density at radius 3 is 2.44 bits per heavy atom. The summed E-state index contributed by atoms with van der Waals surface area (Å²) < 4.78 is 20.9. The van der Waals surface area contributed by atoms with Gasteiger partial charge in [0.25, 0.3) is 5.91 Å². The highest BCUT2D eigenvalue weighted by Gasteiger charge is 2.34. The third-order valence-corrected chi connectivity index (χ3v) is 7.10. The molecule has 0 bridgehead atoms. The summed E-state index contributed by atoms with van der Waals surface area (Å²) in [6.45, 7) is 6.02. The Balaban J connectivity index is 1.97. The van der Waals surface area contributed by atoms with Crippen LogP contribution in [0, 0.1) is 41.3 Å². The molecular formula is C33H31FN4O3. The number of aryl methyl sites for hydroxylation is 1. The van der Waals surface area contributed by atoms with Crippen LogP contribution in [0.2, 0.25) is 0 Å². The third kappa shape index (κ3) is 6.19. The lowest BCUT2D eigenvalue weighted by Gasteiger charge is -2.35. The molecule has 1 heterocycles. The normalized spacial score (nSPS) is 11.7. The molecule has 41 heavy (non-hydrogen) atoms. The van der Waals surface area contributed by atoms with E-state index in [1.54, 1.807) is 54.3 Å². The Morgan fingerprint density at radius 1 is 1.05 bits per heavy atom. The zero-order chi connectivity index (χ0) is 29.7. The number of fused-ring (bicyclic) bond motifs is 1. The van der Waals surface area contributed by atoms with Crippen LogP contribution in [0.3, 0.4) is 0 Å². The molecule has 1 amide bonds. The molecule has 0 fully saturated rings. The molecule has 0 saturated carbocycles. The number of nitrogens with two attached hydrogens (primary N) is 1. The van der Waals surface area contributed by atoms with Crippen molar-refractivity contribution >= 4 is 16.9 Å². The summed E-state index contributed by atoms with van der Waals surface area (Å²) in [5.41, 5.74) is 8.24. The summed E-state index contributed by atoms with van der Waals surface area (Å²) >= 11 is 0. The predicted molar refractivity (Wildman–Crippen MR) is 155 cm³/mol. The molecule has 7 nitrogen and oxygen atoms in total. The third-order valence-electron chi connectivity index (χ3n) is 7.10. The number of nitrogens with zero attached hydrogens (tertiary/aromatic N) is 3. The number of amides is 1. The van der Waals surface area contributed by atoms with Crippen molar-refractivity contribution in [3.05, 3.63) is 116 Å². The fraction of sp³-hybridized carbons (Fsp3) is 0.273. The second-order valence-corrected chi connectivity index (χ2v) is 10.4. The summed E-state index contributed by atoms with van der Waals surface area (Å²) in [7, 11) is 0. The van der Waals surface area contributed by atoms with Gasteiger partial charge in [-0.05, 0) is 79.4 Å². The molecule has 0 aliphatic carbocycles. The summed E-state index contributed by atoms with van der Waals surface area (Å²) in [6, 6.07) is 19.4. The molecule has 0 aliphatic rings. The van der Waals surface area contributed by atoms with Crippen molar-refractivity contribution < 1.29 is 13.6 Å². The van der Waals surface area contributed by atoms with E-state index in [0.29, 0.717) is 40.6 Å². The van der Waals surface area contributed by atoms with E-state index in [2.05, 4.69) is 12.1 Å². The van der Waals surface area contributed by atoms with Gasteiger partial charge in [0, 0.05) is 24.1 Å². The van der Waals surface area contributed by atoms with Crippen molar-refractivity contribution in [2.75, 3.05) is 13.1 Å². The lowest BCUT2D eigenvalue weighted by Crippen LogP contribution is -2.40. The van der Waals surface area contributed by atoms with Crippen molar-refractivity contribution in [3.8, 4) is 12.1 Å². The molecule has 4 rings (SSSR count). The maximum atomic E-state index is 14.5. The van der Waals surface area contributed by atoms with Gasteiger partial charge in [0.1, 0.15) is 17.2 Å². The zero-order valence-electron chi connectivity index (χ0n) is 23.3. The first-order chi connectivity index (χ1) is 19.7. The first kappa shape index (κ1) is 29.2. The maximum Gasteiger partial charge on any atom is 0.254 e. The van der Waals surface area contributed by atoms with Crippen LogP contribution in [0.25, 0.3) is 11.0 Å². The largest absolute Gasteiger partial charge is 0.458 e. The monoisotopic (exact) mass is 550 g/mol. The van der Waals surface area contributed by atoms with E-state index in [1.165, 1.54) is 12.1 Å². The minimum atomic E-state index is -0.713. The number of carbonyl (C=O) groups is 1. The molecule has 3 aromatic carbocycles. The summed E-state index contributed by atoms with van der Waals surface area (Å²) in [5.74, 6) is -0.846. The van der Waals surface area contributed by atoms with Gasteiger partial charge >= 0.3 is 0 Å². The van der Waals surface area contributed by atoms with Crippen LogP contribution in [0.1, 0.15) is 70.2 Å². The van der Waals surface area contributed by atoms with E-state index in [-0.39, 0.29) is 41.2 Å². The van der Waals surface area contributed by atoms with Crippen molar-refractivity contribution in [1.82, 2.24) is 4.90 Å². The van der Waals surface area contributed by atoms with Gasteiger partial charge in [-0.2, -0.15) is 10.5 Å². The van der Waals surface area contributed by atoms with Gasteiger partial charge in [-0.25, -0.2) is 4.39 Å². The SMILES string of the molecule is Cc1ccc(C(=O)N(CCCN)C(c2oc3cc(C#N)ccc3c(=O)c2Cc2cccc(C#N)c2)C(C)C)cc1F. The van der Waals surface area contributed by atoms with Gasteiger partial charge in [-0.15, -0.1) is 0 Å². The van der Waals surface area contributed by atoms with Gasteiger partial charge in [-0.1, -0.05) is 32.0 Å². The Bertz CT molecular complexity index is 1750. The van der Waals surface area contributed by atoms with Gasteiger partial charge < -0.3 is 15.1 Å². The minimum absolute atomic E-state index is 0.157. The van der Waals surface area contributed by atoms with Crippen LogP contribution in [0.4, 0.5) is 4.39 Å². The van der Waals surface area contributed by atoms with E-state index in [4.69, 9.17) is 10.2 Å². The molecule has 1 atom stereocenters. The Kier molecular flexibility index (Phi) is 8.97. The van der Waals surface area contributed by atoms with E-state index < -0.39 is 17.8 Å². The fourth-order valence-corrected chi connectivity index (χ4v) is 5.00. The van der Waals surface area contributed by atoms with Crippen LogP contribution in [0.15, 0.2) is 69.9 Å². The smallest absolute Gasteiger partial charge is 0.254 e. The van der Waals surface area contributed by atoms with E-state index in [1.807, 2.05) is 19.9 Å². The highest BCUT2D eigenvalue weighted by atomic mass is 19.1. The van der Waals surface area contributed by atoms with E-state index in [0.717, 1.165) is 5.56 Å². The Hall–Kier alpha value is -4.79.